The third kappa shape index (κ3) is 1.81. The van der Waals surface area contributed by atoms with Crippen molar-refractivity contribution in [3.8, 4) is 0 Å². The molecule has 2 heterocycles. The molecule has 0 radical (unpaired) electrons. The standard InChI is InChI=1S/C16H17N3/c1-19-15-6-7-17-10-14(15)13-5-2-11(8-16(13)19)9-18-12-3-4-12/h2,5-8,10,12,18H,3-4,9H2,1H3. The number of aromatic nitrogens is 2. The van der Waals surface area contributed by atoms with Crippen molar-refractivity contribution in [3.05, 3.63) is 42.2 Å². The zero-order valence-corrected chi connectivity index (χ0v) is 11.1. The number of nitrogens with one attached hydrogen (secondary N) is 1. The van der Waals surface area contributed by atoms with E-state index in [0.29, 0.717) is 0 Å². The minimum atomic E-state index is 0.757. The maximum Gasteiger partial charge on any atom is 0.0519 e. The van der Waals surface area contributed by atoms with Crippen LogP contribution in [0.25, 0.3) is 21.8 Å². The third-order valence-electron chi connectivity index (χ3n) is 4.05. The fraction of sp³-hybridized carbons (Fsp3) is 0.312. The van der Waals surface area contributed by atoms with E-state index < -0.39 is 0 Å². The van der Waals surface area contributed by atoms with E-state index in [0.717, 1.165) is 12.6 Å². The molecule has 96 valence electrons. The van der Waals surface area contributed by atoms with Gasteiger partial charge in [0.05, 0.1) is 5.52 Å². The van der Waals surface area contributed by atoms with Crippen molar-refractivity contribution in [2.75, 3.05) is 0 Å². The van der Waals surface area contributed by atoms with E-state index in [1.54, 1.807) is 0 Å². The molecule has 2 aromatic heterocycles. The average Bonchev–Trinajstić information content (AvgIpc) is 3.24. The number of benzene rings is 1. The van der Waals surface area contributed by atoms with Gasteiger partial charge in [-0.3, -0.25) is 4.98 Å². The SMILES string of the molecule is Cn1c2ccncc2c2ccc(CNC3CC3)cc21. The van der Waals surface area contributed by atoms with E-state index in [9.17, 15) is 0 Å². The van der Waals surface area contributed by atoms with Gasteiger partial charge in [-0.15, -0.1) is 0 Å². The number of nitrogens with zero attached hydrogens (tertiary/aromatic N) is 2. The summed E-state index contributed by atoms with van der Waals surface area (Å²) in [6.45, 7) is 0.973. The van der Waals surface area contributed by atoms with Gasteiger partial charge in [-0.2, -0.15) is 0 Å². The molecular formula is C16H17N3. The van der Waals surface area contributed by atoms with Gasteiger partial charge in [0.25, 0.3) is 0 Å². The first-order chi connectivity index (χ1) is 9.33. The number of pyridine rings is 1. The first-order valence-electron chi connectivity index (χ1n) is 6.87. The Balaban J connectivity index is 1.83. The highest BCUT2D eigenvalue weighted by Crippen LogP contribution is 2.28. The molecular weight excluding hydrogens is 234 g/mol. The van der Waals surface area contributed by atoms with Gasteiger partial charge in [0.15, 0.2) is 0 Å². The summed E-state index contributed by atoms with van der Waals surface area (Å²) in [6, 6.07) is 9.59. The number of aryl methyl sites for hydroxylation is 1. The van der Waals surface area contributed by atoms with E-state index in [-0.39, 0.29) is 0 Å². The fourth-order valence-electron chi connectivity index (χ4n) is 2.76. The maximum absolute atomic E-state index is 4.24. The lowest BCUT2D eigenvalue weighted by atomic mass is 10.1. The highest BCUT2D eigenvalue weighted by atomic mass is 15.0. The summed E-state index contributed by atoms with van der Waals surface area (Å²) in [7, 11) is 2.13. The molecule has 0 unspecified atom stereocenters. The van der Waals surface area contributed by atoms with Gasteiger partial charge in [-0.25, -0.2) is 0 Å². The molecule has 0 bridgehead atoms. The summed E-state index contributed by atoms with van der Waals surface area (Å²) in [4.78, 5) is 4.24. The van der Waals surface area contributed by atoms with Crippen LogP contribution in [0.15, 0.2) is 36.7 Å². The quantitative estimate of drug-likeness (QED) is 0.775. The van der Waals surface area contributed by atoms with Crippen LogP contribution in [-0.2, 0) is 13.6 Å². The van der Waals surface area contributed by atoms with Crippen molar-refractivity contribution in [2.24, 2.45) is 7.05 Å². The molecule has 1 saturated carbocycles. The van der Waals surface area contributed by atoms with Crippen LogP contribution in [0.4, 0.5) is 0 Å². The number of fused-ring (bicyclic) bond motifs is 3. The van der Waals surface area contributed by atoms with Gasteiger partial charge in [-0.1, -0.05) is 12.1 Å². The van der Waals surface area contributed by atoms with Crippen molar-refractivity contribution in [1.29, 1.82) is 0 Å². The highest BCUT2D eigenvalue weighted by molar-refractivity contribution is 6.07. The smallest absolute Gasteiger partial charge is 0.0519 e. The molecule has 0 aliphatic heterocycles. The van der Waals surface area contributed by atoms with Crippen LogP contribution in [-0.4, -0.2) is 15.6 Å². The second-order valence-corrected chi connectivity index (χ2v) is 5.46. The van der Waals surface area contributed by atoms with Crippen LogP contribution < -0.4 is 5.32 Å². The Morgan fingerprint density at radius 2 is 2.11 bits per heavy atom. The van der Waals surface area contributed by atoms with Crippen LogP contribution >= 0.6 is 0 Å². The summed E-state index contributed by atoms with van der Waals surface area (Å²) in [6.07, 6.45) is 6.49. The molecule has 0 atom stereocenters. The number of hydrogen-bond donors (Lipinski definition) is 1. The Labute approximate surface area is 112 Å². The summed E-state index contributed by atoms with van der Waals surface area (Å²) in [5.74, 6) is 0. The van der Waals surface area contributed by atoms with Gasteiger partial charge in [0.2, 0.25) is 0 Å². The van der Waals surface area contributed by atoms with Crippen LogP contribution in [0, 0.1) is 0 Å². The largest absolute Gasteiger partial charge is 0.344 e. The number of rotatable bonds is 3. The lowest BCUT2D eigenvalue weighted by Crippen LogP contribution is -2.15. The van der Waals surface area contributed by atoms with Crippen molar-refractivity contribution in [1.82, 2.24) is 14.9 Å². The Hall–Kier alpha value is -1.87. The van der Waals surface area contributed by atoms with Crippen molar-refractivity contribution in [3.63, 3.8) is 0 Å². The molecule has 0 spiro atoms. The van der Waals surface area contributed by atoms with Crippen LogP contribution in [0.3, 0.4) is 0 Å². The summed E-state index contributed by atoms with van der Waals surface area (Å²) in [5.41, 5.74) is 3.90. The van der Waals surface area contributed by atoms with Gasteiger partial charge >= 0.3 is 0 Å². The lowest BCUT2D eigenvalue weighted by molar-refractivity contribution is 0.688. The molecule has 19 heavy (non-hydrogen) atoms. The molecule has 1 aliphatic carbocycles. The molecule has 3 heteroatoms. The van der Waals surface area contributed by atoms with E-state index >= 15 is 0 Å². The van der Waals surface area contributed by atoms with Crippen LogP contribution in [0.5, 0.6) is 0 Å². The normalized spacial score (nSPS) is 15.4. The molecule has 3 nitrogen and oxygen atoms in total. The van der Waals surface area contributed by atoms with Gasteiger partial charge in [-0.05, 0) is 30.5 Å². The molecule has 1 fully saturated rings. The highest BCUT2D eigenvalue weighted by Gasteiger charge is 2.20. The Morgan fingerprint density at radius 1 is 1.21 bits per heavy atom. The average molecular weight is 251 g/mol. The first kappa shape index (κ1) is 11.0. The van der Waals surface area contributed by atoms with E-state index in [2.05, 4.69) is 46.2 Å². The predicted octanol–water partition coefficient (Wildman–Crippen LogP) is 2.98. The Kier molecular flexibility index (Phi) is 2.35. The molecule has 3 aromatic rings. The summed E-state index contributed by atoms with van der Waals surface area (Å²) < 4.78 is 2.26. The Morgan fingerprint density at radius 3 is 2.95 bits per heavy atom. The third-order valence-corrected chi connectivity index (χ3v) is 4.05. The number of hydrogen-bond acceptors (Lipinski definition) is 2. The van der Waals surface area contributed by atoms with Crippen molar-refractivity contribution in [2.45, 2.75) is 25.4 Å². The Bertz CT molecular complexity index is 753. The lowest BCUT2D eigenvalue weighted by Gasteiger charge is -2.04. The van der Waals surface area contributed by atoms with E-state index in [1.807, 2.05) is 12.4 Å². The van der Waals surface area contributed by atoms with Gasteiger partial charge in [0, 0.05) is 48.3 Å². The minimum absolute atomic E-state index is 0.757. The summed E-state index contributed by atoms with van der Waals surface area (Å²) >= 11 is 0. The first-order valence-corrected chi connectivity index (χ1v) is 6.87. The maximum atomic E-state index is 4.24. The molecule has 1 aromatic carbocycles. The van der Waals surface area contributed by atoms with Crippen LogP contribution in [0.2, 0.25) is 0 Å². The van der Waals surface area contributed by atoms with Crippen LogP contribution in [0.1, 0.15) is 18.4 Å². The molecule has 0 saturated heterocycles. The van der Waals surface area contributed by atoms with Gasteiger partial charge in [0.1, 0.15) is 0 Å². The van der Waals surface area contributed by atoms with Gasteiger partial charge < -0.3 is 9.88 Å². The monoisotopic (exact) mass is 251 g/mol. The predicted molar refractivity (Wildman–Crippen MR) is 78.1 cm³/mol. The molecule has 1 N–H and O–H groups in total. The van der Waals surface area contributed by atoms with E-state index in [4.69, 9.17) is 0 Å². The van der Waals surface area contributed by atoms with Crippen molar-refractivity contribution >= 4 is 21.8 Å². The molecule has 4 rings (SSSR count). The van der Waals surface area contributed by atoms with E-state index in [1.165, 1.54) is 40.2 Å². The second-order valence-electron chi connectivity index (χ2n) is 5.46. The zero-order valence-electron chi connectivity index (χ0n) is 11.1. The molecule has 0 amide bonds. The topological polar surface area (TPSA) is 29.9 Å². The second kappa shape index (κ2) is 4.07. The molecule has 1 aliphatic rings. The summed E-state index contributed by atoms with van der Waals surface area (Å²) in [5, 5.41) is 6.10. The van der Waals surface area contributed by atoms with Crippen molar-refractivity contribution < 1.29 is 0 Å². The minimum Gasteiger partial charge on any atom is -0.344 e. The fourth-order valence-corrected chi connectivity index (χ4v) is 2.76. The zero-order chi connectivity index (χ0) is 12.8.